The Bertz CT molecular complexity index is 371. The summed E-state index contributed by atoms with van der Waals surface area (Å²) in [5.41, 5.74) is 0.775. The van der Waals surface area contributed by atoms with E-state index in [2.05, 4.69) is 13.5 Å². The van der Waals surface area contributed by atoms with E-state index in [1.54, 1.807) is 6.92 Å². The zero-order valence-electron chi connectivity index (χ0n) is 12.1. The monoisotopic (exact) mass is 298 g/mol. The first kappa shape index (κ1) is 20.7. The van der Waals surface area contributed by atoms with Crippen molar-refractivity contribution in [2.24, 2.45) is 0 Å². The second-order valence-electron chi connectivity index (χ2n) is 3.86. The fraction of sp³-hybridized carbons (Fsp3) is 0.375. The Balaban J connectivity index is 0. The van der Waals surface area contributed by atoms with Crippen LogP contribution in [-0.4, -0.2) is 22.7 Å². The highest BCUT2D eigenvalue weighted by Gasteiger charge is 1.92. The Morgan fingerprint density at radius 1 is 1.25 bits per heavy atom. The molecule has 0 fully saturated rings. The summed E-state index contributed by atoms with van der Waals surface area (Å²) in [7, 11) is 0. The highest BCUT2D eigenvalue weighted by Crippen LogP contribution is 1.97. The molecule has 1 rings (SSSR count). The van der Waals surface area contributed by atoms with Crippen LogP contribution in [0.15, 0.2) is 43.0 Å². The molecule has 0 bridgehead atoms. The molecule has 0 unspecified atom stereocenters. The highest BCUT2D eigenvalue weighted by molar-refractivity contribution is 6.17. The number of carboxylic acids is 1. The Morgan fingerprint density at radius 3 is 1.95 bits per heavy atom. The average molecular weight is 299 g/mol. The molecule has 0 spiro atoms. The van der Waals surface area contributed by atoms with Crippen LogP contribution in [0.5, 0.6) is 0 Å². The van der Waals surface area contributed by atoms with Gasteiger partial charge >= 0.3 is 5.97 Å². The van der Waals surface area contributed by atoms with Gasteiger partial charge in [-0.1, -0.05) is 56.7 Å². The first-order valence-corrected chi connectivity index (χ1v) is 7.00. The Hall–Kier alpha value is -1.61. The van der Waals surface area contributed by atoms with Gasteiger partial charge in [-0.2, -0.15) is 0 Å². The number of benzene rings is 1. The van der Waals surface area contributed by atoms with Crippen molar-refractivity contribution >= 4 is 23.4 Å². The molecule has 3 nitrogen and oxygen atoms in total. The lowest BCUT2D eigenvalue weighted by Crippen LogP contribution is -1.88. The van der Waals surface area contributed by atoms with Crippen molar-refractivity contribution in [3.05, 3.63) is 48.6 Å². The summed E-state index contributed by atoms with van der Waals surface area (Å²) in [5, 5.41) is 7.60. The van der Waals surface area contributed by atoms with Crippen LogP contribution >= 0.6 is 11.6 Å². The standard InChI is InChI=1S/C8H8O.C5H11Cl.C3H4O2/c1-7(9)8-5-3-2-4-6-8;1-2-3-4-5-6;1-2-3(4)5/h2-6H,1H3;2-5H2,1H3;2H,1H2,(H,4,5). The predicted molar refractivity (Wildman–Crippen MR) is 84.5 cm³/mol. The molecule has 0 saturated heterocycles. The number of Topliss-reactive ketones (excluding diaryl/α,β-unsaturated/α-hetero) is 1. The molecule has 0 aliphatic heterocycles. The van der Waals surface area contributed by atoms with E-state index >= 15 is 0 Å². The lowest BCUT2D eigenvalue weighted by Gasteiger charge is -1.89. The summed E-state index contributed by atoms with van der Waals surface area (Å²) >= 11 is 5.38. The van der Waals surface area contributed by atoms with Crippen molar-refractivity contribution in [1.29, 1.82) is 0 Å². The number of halogens is 1. The van der Waals surface area contributed by atoms with E-state index < -0.39 is 5.97 Å². The van der Waals surface area contributed by atoms with E-state index in [4.69, 9.17) is 16.7 Å². The molecule has 0 aliphatic rings. The number of alkyl halides is 1. The van der Waals surface area contributed by atoms with Gasteiger partial charge in [-0.05, 0) is 13.3 Å². The maximum Gasteiger partial charge on any atom is 0.327 e. The topological polar surface area (TPSA) is 54.4 Å². The third-order valence-corrected chi connectivity index (χ3v) is 2.36. The fourth-order valence-corrected chi connectivity index (χ4v) is 1.21. The molecule has 0 amide bonds. The summed E-state index contributed by atoms with van der Waals surface area (Å²) in [6.45, 7) is 6.70. The van der Waals surface area contributed by atoms with Gasteiger partial charge in [0.15, 0.2) is 5.78 Å². The van der Waals surface area contributed by atoms with Crippen molar-refractivity contribution in [2.75, 3.05) is 5.88 Å². The molecule has 0 saturated carbocycles. The third-order valence-electron chi connectivity index (χ3n) is 2.09. The minimum absolute atomic E-state index is 0.121. The van der Waals surface area contributed by atoms with Crippen LogP contribution in [0.2, 0.25) is 0 Å². The van der Waals surface area contributed by atoms with Crippen LogP contribution in [0.3, 0.4) is 0 Å². The molecule has 0 radical (unpaired) electrons. The molecule has 0 aliphatic carbocycles. The number of aliphatic carboxylic acids is 1. The first-order chi connectivity index (χ1) is 9.49. The van der Waals surface area contributed by atoms with Crippen LogP contribution in [0.25, 0.3) is 0 Å². The molecule has 4 heteroatoms. The largest absolute Gasteiger partial charge is 0.478 e. The number of carbonyl (C=O) groups is 2. The third kappa shape index (κ3) is 16.4. The smallest absolute Gasteiger partial charge is 0.327 e. The average Bonchev–Trinajstić information content (AvgIpc) is 2.47. The summed E-state index contributed by atoms with van der Waals surface area (Å²) in [6.07, 6.45) is 4.56. The normalized spacial score (nSPS) is 8.35. The number of ketones is 1. The van der Waals surface area contributed by atoms with Crippen molar-refractivity contribution in [3.8, 4) is 0 Å². The quantitative estimate of drug-likeness (QED) is 0.375. The Morgan fingerprint density at radius 2 is 1.75 bits per heavy atom. The molecular formula is C16H23ClO3. The van der Waals surface area contributed by atoms with E-state index in [0.29, 0.717) is 0 Å². The van der Waals surface area contributed by atoms with Crippen LogP contribution in [0, 0.1) is 0 Å². The molecule has 1 N–H and O–H groups in total. The molecule has 0 heterocycles. The second kappa shape index (κ2) is 15.4. The summed E-state index contributed by atoms with van der Waals surface area (Å²) in [4.78, 5) is 19.9. The van der Waals surface area contributed by atoms with Crippen LogP contribution in [0.4, 0.5) is 0 Å². The zero-order chi connectivity index (χ0) is 15.8. The fourth-order valence-electron chi connectivity index (χ4n) is 1.02. The SMILES string of the molecule is C=CC(=O)O.CC(=O)c1ccccc1.CCCCCCl. The van der Waals surface area contributed by atoms with Gasteiger partial charge in [0, 0.05) is 17.5 Å². The number of hydrogen-bond donors (Lipinski definition) is 1. The van der Waals surface area contributed by atoms with Crippen molar-refractivity contribution in [3.63, 3.8) is 0 Å². The van der Waals surface area contributed by atoms with Crippen molar-refractivity contribution < 1.29 is 14.7 Å². The van der Waals surface area contributed by atoms with Gasteiger partial charge in [-0.3, -0.25) is 4.79 Å². The number of carbonyl (C=O) groups excluding carboxylic acids is 1. The molecule has 20 heavy (non-hydrogen) atoms. The van der Waals surface area contributed by atoms with Crippen LogP contribution in [0.1, 0.15) is 43.5 Å². The predicted octanol–water partition coefficient (Wildman–Crippen LogP) is 4.56. The van der Waals surface area contributed by atoms with E-state index in [0.717, 1.165) is 17.5 Å². The van der Waals surface area contributed by atoms with Crippen molar-refractivity contribution in [1.82, 2.24) is 0 Å². The second-order valence-corrected chi connectivity index (χ2v) is 4.24. The van der Waals surface area contributed by atoms with Gasteiger partial charge in [-0.25, -0.2) is 4.79 Å². The van der Waals surface area contributed by atoms with Crippen LogP contribution < -0.4 is 0 Å². The number of rotatable bonds is 5. The van der Waals surface area contributed by atoms with E-state index in [-0.39, 0.29) is 5.78 Å². The maximum atomic E-state index is 10.6. The Kier molecular flexibility index (Phi) is 16.0. The maximum absolute atomic E-state index is 10.6. The van der Waals surface area contributed by atoms with Gasteiger partial charge in [-0.15, -0.1) is 11.6 Å². The zero-order valence-corrected chi connectivity index (χ0v) is 12.9. The van der Waals surface area contributed by atoms with E-state index in [1.807, 2.05) is 30.3 Å². The molecule has 1 aromatic carbocycles. The van der Waals surface area contributed by atoms with Gasteiger partial charge in [0.1, 0.15) is 0 Å². The number of carboxylic acid groups (broad SMARTS) is 1. The minimum Gasteiger partial charge on any atom is -0.478 e. The summed E-state index contributed by atoms with van der Waals surface area (Å²) < 4.78 is 0. The summed E-state index contributed by atoms with van der Waals surface area (Å²) in [6, 6.07) is 9.23. The molecule has 0 aromatic heterocycles. The number of unbranched alkanes of at least 4 members (excludes halogenated alkanes) is 2. The lowest BCUT2D eigenvalue weighted by molar-refractivity contribution is -0.131. The van der Waals surface area contributed by atoms with E-state index in [1.165, 1.54) is 19.3 Å². The van der Waals surface area contributed by atoms with Crippen molar-refractivity contribution in [2.45, 2.75) is 33.1 Å². The molecule has 1 aromatic rings. The van der Waals surface area contributed by atoms with Crippen LogP contribution in [-0.2, 0) is 4.79 Å². The minimum atomic E-state index is -0.981. The van der Waals surface area contributed by atoms with E-state index in [9.17, 15) is 9.59 Å². The summed E-state index contributed by atoms with van der Waals surface area (Å²) in [5.74, 6) is -0.0333. The van der Waals surface area contributed by atoms with Gasteiger partial charge in [0.2, 0.25) is 0 Å². The first-order valence-electron chi connectivity index (χ1n) is 6.46. The van der Waals surface area contributed by atoms with Gasteiger partial charge in [0.05, 0.1) is 0 Å². The Labute approximate surface area is 126 Å². The lowest BCUT2D eigenvalue weighted by atomic mass is 10.2. The molecule has 0 atom stereocenters. The highest BCUT2D eigenvalue weighted by atomic mass is 35.5. The molecular weight excluding hydrogens is 276 g/mol. The van der Waals surface area contributed by atoms with Gasteiger partial charge < -0.3 is 5.11 Å². The number of hydrogen-bond acceptors (Lipinski definition) is 2. The van der Waals surface area contributed by atoms with Gasteiger partial charge in [0.25, 0.3) is 0 Å². The molecule has 112 valence electrons.